The first kappa shape index (κ1) is 12.4. The van der Waals surface area contributed by atoms with Gasteiger partial charge in [0, 0.05) is 0 Å². The summed E-state index contributed by atoms with van der Waals surface area (Å²) in [5.74, 6) is 0. The zero-order valence-electron chi connectivity index (χ0n) is 10.8. The van der Waals surface area contributed by atoms with E-state index in [9.17, 15) is 0 Å². The van der Waals surface area contributed by atoms with Crippen LogP contribution in [0.4, 0.5) is 0 Å². The molecule has 2 aromatic rings. The van der Waals surface area contributed by atoms with Gasteiger partial charge in [0.1, 0.15) is 0 Å². The van der Waals surface area contributed by atoms with Crippen LogP contribution in [0.25, 0.3) is 5.57 Å². The lowest BCUT2D eigenvalue weighted by Crippen LogP contribution is -1.92. The third-order valence-electron chi connectivity index (χ3n) is 3.07. The van der Waals surface area contributed by atoms with Crippen LogP contribution in [-0.2, 0) is 0 Å². The molecule has 0 unspecified atom stereocenters. The molecular formula is C18H18. The fraction of sp³-hybridized carbons (Fsp3) is 0.111. The molecule has 0 aliphatic rings. The van der Waals surface area contributed by atoms with Crippen molar-refractivity contribution >= 4 is 5.57 Å². The minimum atomic E-state index is 0.989. The summed E-state index contributed by atoms with van der Waals surface area (Å²) in [7, 11) is 0. The van der Waals surface area contributed by atoms with Crippen molar-refractivity contribution in [2.75, 3.05) is 0 Å². The van der Waals surface area contributed by atoms with E-state index < -0.39 is 0 Å². The summed E-state index contributed by atoms with van der Waals surface area (Å²) in [5.41, 5.74) is 5.07. The zero-order chi connectivity index (χ0) is 12.8. The van der Waals surface area contributed by atoms with Gasteiger partial charge in [-0.2, -0.15) is 0 Å². The Labute approximate surface area is 109 Å². The Morgan fingerprint density at radius 1 is 0.889 bits per heavy atom. The smallest absolute Gasteiger partial charge is 0.00796 e. The van der Waals surface area contributed by atoms with E-state index in [1.54, 1.807) is 0 Å². The fourth-order valence-electron chi connectivity index (χ4n) is 2.17. The third kappa shape index (κ3) is 2.60. The van der Waals surface area contributed by atoms with Crippen molar-refractivity contribution < 1.29 is 0 Å². The molecule has 0 aromatic heterocycles. The van der Waals surface area contributed by atoms with Gasteiger partial charge in [0.2, 0.25) is 0 Å². The van der Waals surface area contributed by atoms with E-state index in [4.69, 9.17) is 0 Å². The molecule has 90 valence electrons. The number of allylic oxidation sites excluding steroid dienone is 2. The maximum atomic E-state index is 3.95. The Hall–Kier alpha value is -2.08. The number of hydrogen-bond donors (Lipinski definition) is 0. The van der Waals surface area contributed by atoms with Gasteiger partial charge in [0.05, 0.1) is 0 Å². The van der Waals surface area contributed by atoms with Crippen LogP contribution < -0.4 is 0 Å². The molecule has 2 rings (SSSR count). The molecule has 0 saturated heterocycles. The van der Waals surface area contributed by atoms with Crippen molar-refractivity contribution in [3.05, 3.63) is 90.0 Å². The maximum Gasteiger partial charge on any atom is -0.00796 e. The average Bonchev–Trinajstić information content (AvgIpc) is 2.46. The van der Waals surface area contributed by atoms with Gasteiger partial charge < -0.3 is 0 Å². The van der Waals surface area contributed by atoms with E-state index in [-0.39, 0.29) is 0 Å². The van der Waals surface area contributed by atoms with Crippen LogP contribution in [0.2, 0.25) is 0 Å². The van der Waals surface area contributed by atoms with Gasteiger partial charge >= 0.3 is 0 Å². The highest BCUT2D eigenvalue weighted by molar-refractivity contribution is 5.83. The summed E-state index contributed by atoms with van der Waals surface area (Å²) in [6, 6.07) is 21.0. The molecule has 0 N–H and O–H groups in total. The van der Waals surface area contributed by atoms with E-state index in [1.165, 1.54) is 22.3 Å². The summed E-state index contributed by atoms with van der Waals surface area (Å²) in [6.45, 7) is 6.12. The van der Waals surface area contributed by atoms with Crippen LogP contribution in [-0.4, -0.2) is 0 Å². The predicted molar refractivity (Wildman–Crippen MR) is 79.4 cm³/mol. The lowest BCUT2D eigenvalue weighted by molar-refractivity contribution is 1.15. The van der Waals surface area contributed by atoms with Crippen LogP contribution in [0, 0.1) is 0 Å². The highest BCUT2D eigenvalue weighted by atomic mass is 14.1. The van der Waals surface area contributed by atoms with Crippen molar-refractivity contribution in [3.63, 3.8) is 0 Å². The van der Waals surface area contributed by atoms with Gasteiger partial charge in [-0.25, -0.2) is 0 Å². The zero-order valence-corrected chi connectivity index (χ0v) is 10.8. The molecular weight excluding hydrogens is 216 g/mol. The van der Waals surface area contributed by atoms with Crippen LogP contribution in [0.5, 0.6) is 0 Å². The second-order valence-corrected chi connectivity index (χ2v) is 4.19. The van der Waals surface area contributed by atoms with E-state index in [0.717, 1.165) is 6.42 Å². The lowest BCUT2D eigenvalue weighted by atomic mass is 9.92. The van der Waals surface area contributed by atoms with E-state index >= 15 is 0 Å². The quantitative estimate of drug-likeness (QED) is 0.647. The van der Waals surface area contributed by atoms with Crippen LogP contribution in [0.1, 0.15) is 24.5 Å². The summed E-state index contributed by atoms with van der Waals surface area (Å²) in [5, 5.41) is 0. The van der Waals surface area contributed by atoms with Crippen molar-refractivity contribution in [2.24, 2.45) is 0 Å². The van der Waals surface area contributed by atoms with Crippen LogP contribution in [0.3, 0.4) is 0 Å². The fourth-order valence-corrected chi connectivity index (χ4v) is 2.17. The predicted octanol–water partition coefficient (Wildman–Crippen LogP) is 5.08. The van der Waals surface area contributed by atoms with Gasteiger partial charge in [-0.1, -0.05) is 80.2 Å². The van der Waals surface area contributed by atoms with Gasteiger partial charge in [0.15, 0.2) is 0 Å². The Kier molecular flexibility index (Phi) is 4.14. The van der Waals surface area contributed by atoms with E-state index in [2.05, 4.69) is 62.0 Å². The van der Waals surface area contributed by atoms with Gasteiger partial charge in [-0.3, -0.25) is 0 Å². The van der Waals surface area contributed by atoms with Crippen molar-refractivity contribution in [1.82, 2.24) is 0 Å². The molecule has 0 amide bonds. The molecule has 0 fully saturated rings. The molecule has 0 saturated carbocycles. The first-order valence-electron chi connectivity index (χ1n) is 6.33. The summed E-state index contributed by atoms with van der Waals surface area (Å²) in [6.07, 6.45) is 2.96. The normalized spacial score (nSPS) is 9.83. The monoisotopic (exact) mass is 234 g/mol. The molecule has 0 atom stereocenters. The highest BCUT2D eigenvalue weighted by Gasteiger charge is 2.07. The summed E-state index contributed by atoms with van der Waals surface area (Å²) >= 11 is 0. The molecule has 2 aromatic carbocycles. The van der Waals surface area contributed by atoms with Crippen molar-refractivity contribution in [3.8, 4) is 0 Å². The van der Waals surface area contributed by atoms with Gasteiger partial charge in [0.25, 0.3) is 0 Å². The Morgan fingerprint density at radius 2 is 1.33 bits per heavy atom. The minimum absolute atomic E-state index is 0.989. The number of rotatable bonds is 4. The molecule has 0 heteroatoms. The molecule has 0 aliphatic heterocycles. The molecule has 0 bridgehead atoms. The van der Waals surface area contributed by atoms with Gasteiger partial charge in [-0.05, 0) is 28.7 Å². The summed E-state index contributed by atoms with van der Waals surface area (Å²) < 4.78 is 0. The molecule has 0 aliphatic carbocycles. The number of benzene rings is 2. The minimum Gasteiger partial charge on any atom is -0.0988 e. The SMILES string of the molecule is C=CC(CC)=C(c1ccccc1)c1ccccc1. The summed E-state index contributed by atoms with van der Waals surface area (Å²) in [4.78, 5) is 0. The van der Waals surface area contributed by atoms with Crippen molar-refractivity contribution in [1.29, 1.82) is 0 Å². The van der Waals surface area contributed by atoms with Crippen LogP contribution >= 0.6 is 0 Å². The molecule has 0 radical (unpaired) electrons. The molecule has 0 heterocycles. The first-order valence-corrected chi connectivity index (χ1v) is 6.33. The topological polar surface area (TPSA) is 0 Å². The van der Waals surface area contributed by atoms with Crippen molar-refractivity contribution in [2.45, 2.75) is 13.3 Å². The first-order chi connectivity index (χ1) is 8.86. The Bertz CT molecular complexity index is 491. The third-order valence-corrected chi connectivity index (χ3v) is 3.07. The molecule has 0 nitrogen and oxygen atoms in total. The van der Waals surface area contributed by atoms with E-state index in [1.807, 2.05) is 18.2 Å². The second-order valence-electron chi connectivity index (χ2n) is 4.19. The average molecular weight is 234 g/mol. The lowest BCUT2D eigenvalue weighted by Gasteiger charge is -2.12. The standard InChI is InChI=1S/C18H18/c1-3-15(4-2)18(16-11-7-5-8-12-16)17-13-9-6-10-14-17/h3,5-14H,1,4H2,2H3. The Balaban J connectivity index is 2.63. The van der Waals surface area contributed by atoms with Crippen LogP contribution in [0.15, 0.2) is 78.9 Å². The highest BCUT2D eigenvalue weighted by Crippen LogP contribution is 2.28. The van der Waals surface area contributed by atoms with Gasteiger partial charge in [-0.15, -0.1) is 0 Å². The number of hydrogen-bond acceptors (Lipinski definition) is 0. The Morgan fingerprint density at radius 3 is 1.67 bits per heavy atom. The maximum absolute atomic E-state index is 3.95. The molecule has 18 heavy (non-hydrogen) atoms. The largest absolute Gasteiger partial charge is 0.0988 e. The van der Waals surface area contributed by atoms with E-state index in [0.29, 0.717) is 0 Å². The molecule has 0 spiro atoms. The second kappa shape index (κ2) is 6.02.